The van der Waals surface area contributed by atoms with Gasteiger partial charge in [-0.15, -0.1) is 6.42 Å². The van der Waals surface area contributed by atoms with Crippen LogP contribution < -0.4 is 5.32 Å². The number of aromatic nitrogens is 1. The number of benzene rings is 4. The lowest BCUT2D eigenvalue weighted by atomic mass is 9.97. The number of carboxylic acid groups (broad SMARTS) is 1. The van der Waals surface area contributed by atoms with Gasteiger partial charge in [0.15, 0.2) is 0 Å². The molecule has 2 N–H and O–H groups in total. The van der Waals surface area contributed by atoms with Crippen molar-refractivity contribution in [1.82, 2.24) is 9.88 Å². The predicted octanol–water partition coefficient (Wildman–Crippen LogP) is 7.90. The monoisotopic (exact) mass is 554 g/mol. The van der Waals surface area contributed by atoms with Gasteiger partial charge in [-0.3, -0.25) is 4.79 Å². The van der Waals surface area contributed by atoms with E-state index in [0.717, 1.165) is 38.9 Å². The van der Waals surface area contributed by atoms with E-state index in [9.17, 15) is 14.7 Å². The molecule has 5 aromatic rings. The van der Waals surface area contributed by atoms with Crippen LogP contribution in [0.25, 0.3) is 22.0 Å². The van der Waals surface area contributed by atoms with Gasteiger partial charge in [0.05, 0.1) is 5.56 Å². The Labute approximate surface area is 246 Å². The van der Waals surface area contributed by atoms with E-state index < -0.39 is 12.0 Å². The lowest BCUT2D eigenvalue weighted by Gasteiger charge is -2.16. The van der Waals surface area contributed by atoms with Crippen molar-refractivity contribution >= 4 is 22.8 Å². The van der Waals surface area contributed by atoms with Crippen LogP contribution in [0.1, 0.15) is 74.5 Å². The third-order valence-electron chi connectivity index (χ3n) is 8.02. The molecule has 0 radical (unpaired) electrons. The van der Waals surface area contributed by atoms with Gasteiger partial charge in [0.25, 0.3) is 5.91 Å². The number of aryl methyl sites for hydroxylation is 1. The third kappa shape index (κ3) is 5.57. The first-order chi connectivity index (χ1) is 20.2. The van der Waals surface area contributed by atoms with Crippen LogP contribution in [0.5, 0.6) is 0 Å². The van der Waals surface area contributed by atoms with Crippen molar-refractivity contribution in [1.29, 1.82) is 0 Å². The summed E-state index contributed by atoms with van der Waals surface area (Å²) in [4.78, 5) is 25.0. The number of terminal acetylenes is 1. The van der Waals surface area contributed by atoms with Crippen LogP contribution in [-0.2, 0) is 6.54 Å². The summed E-state index contributed by atoms with van der Waals surface area (Å²) in [7, 11) is 0. The topological polar surface area (TPSA) is 71.3 Å². The van der Waals surface area contributed by atoms with Gasteiger partial charge in [0.1, 0.15) is 6.04 Å². The van der Waals surface area contributed by atoms with Gasteiger partial charge in [-0.25, -0.2) is 4.79 Å². The van der Waals surface area contributed by atoms with Crippen molar-refractivity contribution < 1.29 is 14.7 Å². The lowest BCUT2D eigenvalue weighted by Crippen LogP contribution is -2.27. The Hall–Kier alpha value is -5.08. The molecule has 0 fully saturated rings. The fourth-order valence-electron chi connectivity index (χ4n) is 5.42. The molecule has 42 heavy (non-hydrogen) atoms. The standard InChI is InChI=1S/C37H34N2O3/c1-6-34(29-11-9-10-28(20-29)23(2)3)38-36(40)30-18-19-35-33(21-30)24(4)25(5)39(35)22-26-14-16-27(17-15-26)31-12-7-8-13-32(31)37(41)42/h1,7-21,23,34H,22H2,2-5H3,(H,38,40)(H,41,42)/t34-/m1/s1. The Kier molecular flexibility index (Phi) is 7.99. The van der Waals surface area contributed by atoms with Crippen LogP contribution in [-0.4, -0.2) is 21.6 Å². The molecule has 1 heterocycles. The van der Waals surface area contributed by atoms with Crippen molar-refractivity contribution in [3.63, 3.8) is 0 Å². The molecule has 5 rings (SSSR count). The molecule has 5 nitrogen and oxygen atoms in total. The van der Waals surface area contributed by atoms with Gasteiger partial charge in [-0.05, 0) is 77.4 Å². The number of carbonyl (C=O) groups excluding carboxylic acids is 1. The number of aromatic carboxylic acids is 1. The van der Waals surface area contributed by atoms with Crippen molar-refractivity contribution in [2.24, 2.45) is 0 Å². The summed E-state index contributed by atoms with van der Waals surface area (Å²) in [5.74, 6) is 1.94. The second-order valence-electron chi connectivity index (χ2n) is 11.0. The minimum atomic E-state index is -0.942. The van der Waals surface area contributed by atoms with Crippen LogP contribution in [0.2, 0.25) is 0 Å². The Bertz CT molecular complexity index is 1840. The zero-order valence-electron chi connectivity index (χ0n) is 24.3. The quantitative estimate of drug-likeness (QED) is 0.192. The number of fused-ring (bicyclic) bond motifs is 1. The Balaban J connectivity index is 1.39. The molecular weight excluding hydrogens is 520 g/mol. The average Bonchev–Trinajstić information content (AvgIpc) is 3.24. The van der Waals surface area contributed by atoms with Crippen LogP contribution in [0.15, 0.2) is 91.0 Å². The van der Waals surface area contributed by atoms with Gasteiger partial charge in [0.2, 0.25) is 0 Å². The minimum Gasteiger partial charge on any atom is -0.478 e. The largest absolute Gasteiger partial charge is 0.478 e. The minimum absolute atomic E-state index is 0.211. The van der Waals surface area contributed by atoms with Crippen molar-refractivity contribution in [3.05, 3.63) is 130 Å². The maximum atomic E-state index is 13.3. The molecule has 210 valence electrons. The fraction of sp³-hybridized carbons (Fsp3) is 0.189. The fourth-order valence-corrected chi connectivity index (χ4v) is 5.42. The highest BCUT2D eigenvalue weighted by atomic mass is 16.4. The molecule has 1 atom stereocenters. The molecule has 1 amide bonds. The second-order valence-corrected chi connectivity index (χ2v) is 11.0. The first kappa shape index (κ1) is 28.4. The number of hydrogen-bond donors (Lipinski definition) is 2. The molecule has 0 saturated heterocycles. The molecule has 0 spiro atoms. The van der Waals surface area contributed by atoms with Crippen molar-refractivity contribution in [3.8, 4) is 23.5 Å². The van der Waals surface area contributed by atoms with Crippen molar-refractivity contribution in [2.75, 3.05) is 0 Å². The van der Waals surface area contributed by atoms with Crippen LogP contribution in [0.4, 0.5) is 0 Å². The molecular formula is C37H34N2O3. The highest BCUT2D eigenvalue weighted by molar-refractivity contribution is 5.99. The maximum absolute atomic E-state index is 13.3. The van der Waals surface area contributed by atoms with Crippen LogP contribution >= 0.6 is 0 Å². The smallest absolute Gasteiger partial charge is 0.336 e. The molecule has 0 saturated carbocycles. The number of carbonyl (C=O) groups is 2. The summed E-state index contributed by atoms with van der Waals surface area (Å²) in [6.45, 7) is 9.07. The summed E-state index contributed by atoms with van der Waals surface area (Å²) in [6.07, 6.45) is 5.84. The molecule has 0 aliphatic carbocycles. The summed E-state index contributed by atoms with van der Waals surface area (Å²) in [6, 6.07) is 28.3. The second kappa shape index (κ2) is 11.8. The van der Waals surface area contributed by atoms with E-state index >= 15 is 0 Å². The predicted molar refractivity (Wildman–Crippen MR) is 169 cm³/mol. The van der Waals surface area contributed by atoms with Gasteiger partial charge in [-0.2, -0.15) is 0 Å². The van der Waals surface area contributed by atoms with Crippen molar-refractivity contribution in [2.45, 2.75) is 46.2 Å². The first-order valence-electron chi connectivity index (χ1n) is 14.1. The number of rotatable bonds is 8. The molecule has 0 unspecified atom stereocenters. The van der Waals surface area contributed by atoms with Gasteiger partial charge in [-0.1, -0.05) is 86.5 Å². The maximum Gasteiger partial charge on any atom is 0.336 e. The van der Waals surface area contributed by atoms with E-state index in [2.05, 4.69) is 55.6 Å². The Morgan fingerprint density at radius 2 is 1.62 bits per heavy atom. The SMILES string of the molecule is C#C[C@@H](NC(=O)c1ccc2c(c1)c(C)c(C)n2Cc1ccc(-c2ccccc2C(=O)O)cc1)c1cccc(C(C)C)c1. The van der Waals surface area contributed by atoms with E-state index in [-0.39, 0.29) is 11.5 Å². The highest BCUT2D eigenvalue weighted by Gasteiger charge is 2.18. The molecule has 0 aliphatic rings. The van der Waals surface area contributed by atoms with E-state index in [4.69, 9.17) is 6.42 Å². The molecule has 4 aromatic carbocycles. The third-order valence-corrected chi connectivity index (χ3v) is 8.02. The van der Waals surface area contributed by atoms with E-state index in [1.54, 1.807) is 12.1 Å². The van der Waals surface area contributed by atoms with E-state index in [1.807, 2.05) is 66.7 Å². The van der Waals surface area contributed by atoms with E-state index in [1.165, 1.54) is 5.56 Å². The molecule has 0 aliphatic heterocycles. The number of carboxylic acids is 1. The Morgan fingerprint density at radius 3 is 2.31 bits per heavy atom. The van der Waals surface area contributed by atoms with Gasteiger partial charge >= 0.3 is 5.97 Å². The lowest BCUT2D eigenvalue weighted by molar-refractivity contribution is 0.0697. The summed E-state index contributed by atoms with van der Waals surface area (Å²) >= 11 is 0. The van der Waals surface area contributed by atoms with E-state index in [0.29, 0.717) is 23.6 Å². The number of nitrogens with zero attached hydrogens (tertiary/aromatic N) is 1. The number of nitrogens with one attached hydrogen (secondary N) is 1. The number of amides is 1. The zero-order valence-corrected chi connectivity index (χ0v) is 24.3. The normalized spacial score (nSPS) is 11.8. The van der Waals surface area contributed by atoms with Gasteiger partial charge < -0.3 is 15.0 Å². The molecule has 0 bridgehead atoms. The number of hydrogen-bond acceptors (Lipinski definition) is 2. The first-order valence-corrected chi connectivity index (χ1v) is 14.1. The summed E-state index contributed by atoms with van der Waals surface area (Å²) in [5.41, 5.74) is 8.84. The zero-order chi connectivity index (χ0) is 30.0. The average molecular weight is 555 g/mol. The van der Waals surface area contributed by atoms with Crippen LogP contribution in [0, 0.1) is 26.2 Å². The highest BCUT2D eigenvalue weighted by Crippen LogP contribution is 2.29. The molecule has 5 heteroatoms. The summed E-state index contributed by atoms with van der Waals surface area (Å²) in [5, 5.41) is 13.6. The molecule has 1 aromatic heterocycles. The summed E-state index contributed by atoms with van der Waals surface area (Å²) < 4.78 is 2.24. The Morgan fingerprint density at radius 1 is 0.905 bits per heavy atom. The van der Waals surface area contributed by atoms with Crippen LogP contribution in [0.3, 0.4) is 0 Å². The van der Waals surface area contributed by atoms with Gasteiger partial charge in [0, 0.05) is 28.7 Å².